The Labute approximate surface area is 85.1 Å². The second-order valence-corrected chi connectivity index (χ2v) is 4.56. The predicted molar refractivity (Wildman–Crippen MR) is 54.9 cm³/mol. The van der Waals surface area contributed by atoms with Crippen LogP contribution in [0, 0.1) is 5.41 Å². The molecule has 0 bridgehead atoms. The molecule has 1 saturated heterocycles. The highest BCUT2D eigenvalue weighted by Gasteiger charge is 2.28. The third kappa shape index (κ3) is 2.96. The van der Waals surface area contributed by atoms with E-state index in [1.807, 2.05) is 0 Å². The molecule has 0 aliphatic carbocycles. The van der Waals surface area contributed by atoms with Crippen LogP contribution >= 0.6 is 0 Å². The van der Waals surface area contributed by atoms with Crippen molar-refractivity contribution in [2.24, 2.45) is 5.41 Å². The number of rotatable bonds is 3. The molecule has 1 aliphatic heterocycles. The lowest BCUT2D eigenvalue weighted by atomic mass is 9.93. The van der Waals surface area contributed by atoms with Crippen LogP contribution in [0.1, 0.15) is 26.7 Å². The number of amides is 1. The number of aliphatic hydroxyl groups excluding tert-OH is 1. The lowest BCUT2D eigenvalue weighted by Gasteiger charge is -2.28. The van der Waals surface area contributed by atoms with Crippen molar-refractivity contribution in [2.45, 2.75) is 32.7 Å². The fraction of sp³-hybridized carbons (Fsp3) is 0.900. The summed E-state index contributed by atoms with van der Waals surface area (Å²) in [6.07, 6.45) is 2.13. The number of carbonyl (C=O) groups excluding carboxylic acids is 1. The van der Waals surface area contributed by atoms with Crippen molar-refractivity contribution < 1.29 is 9.90 Å². The van der Waals surface area contributed by atoms with Crippen molar-refractivity contribution in [3.8, 4) is 0 Å². The zero-order valence-electron chi connectivity index (χ0n) is 8.97. The van der Waals surface area contributed by atoms with E-state index < -0.39 is 5.41 Å². The highest BCUT2D eigenvalue weighted by molar-refractivity contribution is 5.82. The molecule has 3 N–H and O–H groups in total. The van der Waals surface area contributed by atoms with Gasteiger partial charge in [-0.2, -0.15) is 0 Å². The summed E-state index contributed by atoms with van der Waals surface area (Å²) in [5, 5.41) is 15.2. The van der Waals surface area contributed by atoms with Crippen LogP contribution in [0.25, 0.3) is 0 Å². The van der Waals surface area contributed by atoms with Gasteiger partial charge in [0.05, 0.1) is 12.0 Å². The predicted octanol–water partition coefficient (Wildman–Crippen LogP) is -0.127. The Morgan fingerprint density at radius 3 is 2.86 bits per heavy atom. The fourth-order valence-corrected chi connectivity index (χ4v) is 1.43. The first-order valence-corrected chi connectivity index (χ1v) is 5.19. The third-order valence-electron chi connectivity index (χ3n) is 2.64. The first-order valence-electron chi connectivity index (χ1n) is 5.19. The van der Waals surface area contributed by atoms with Crippen LogP contribution in [0.2, 0.25) is 0 Å². The van der Waals surface area contributed by atoms with Gasteiger partial charge in [0.2, 0.25) is 5.91 Å². The number of aliphatic hydroxyl groups is 1. The maximum atomic E-state index is 11.7. The van der Waals surface area contributed by atoms with E-state index in [-0.39, 0.29) is 18.6 Å². The summed E-state index contributed by atoms with van der Waals surface area (Å²) >= 11 is 0. The van der Waals surface area contributed by atoms with Crippen LogP contribution in [-0.2, 0) is 4.79 Å². The SMILES string of the molecule is CC(C)(CO)C(=O)NC1CCCNC1. The van der Waals surface area contributed by atoms with Crippen LogP contribution < -0.4 is 10.6 Å². The van der Waals surface area contributed by atoms with E-state index in [2.05, 4.69) is 10.6 Å². The van der Waals surface area contributed by atoms with Crippen molar-refractivity contribution in [3.05, 3.63) is 0 Å². The van der Waals surface area contributed by atoms with E-state index in [9.17, 15) is 4.79 Å². The average Bonchev–Trinajstić information content (AvgIpc) is 2.19. The van der Waals surface area contributed by atoms with E-state index in [1.165, 1.54) is 0 Å². The van der Waals surface area contributed by atoms with Crippen LogP contribution in [0.3, 0.4) is 0 Å². The molecule has 0 aromatic heterocycles. The van der Waals surface area contributed by atoms with Gasteiger partial charge in [-0.1, -0.05) is 0 Å². The quantitative estimate of drug-likeness (QED) is 0.595. The maximum Gasteiger partial charge on any atom is 0.228 e. The second kappa shape index (κ2) is 4.75. The van der Waals surface area contributed by atoms with Crippen molar-refractivity contribution in [3.63, 3.8) is 0 Å². The summed E-state index contributed by atoms with van der Waals surface area (Å²) in [4.78, 5) is 11.7. The summed E-state index contributed by atoms with van der Waals surface area (Å²) < 4.78 is 0. The number of piperidine rings is 1. The molecule has 0 spiro atoms. The second-order valence-electron chi connectivity index (χ2n) is 4.56. The summed E-state index contributed by atoms with van der Waals surface area (Å²) in [6, 6.07) is 0.224. The van der Waals surface area contributed by atoms with Gasteiger partial charge in [-0.25, -0.2) is 0 Å². The van der Waals surface area contributed by atoms with Crippen LogP contribution in [0.4, 0.5) is 0 Å². The minimum Gasteiger partial charge on any atom is -0.395 e. The topological polar surface area (TPSA) is 61.4 Å². The van der Waals surface area contributed by atoms with Crippen LogP contribution in [0.15, 0.2) is 0 Å². The lowest BCUT2D eigenvalue weighted by molar-refractivity contribution is -0.132. The van der Waals surface area contributed by atoms with Gasteiger partial charge in [0.15, 0.2) is 0 Å². The van der Waals surface area contributed by atoms with Crippen LogP contribution in [0.5, 0.6) is 0 Å². The summed E-state index contributed by atoms with van der Waals surface area (Å²) in [6.45, 7) is 5.26. The molecule has 0 aromatic rings. The molecule has 14 heavy (non-hydrogen) atoms. The van der Waals surface area contributed by atoms with E-state index in [0.29, 0.717) is 0 Å². The standard InChI is InChI=1S/C10H20N2O2/c1-10(2,7-13)9(14)12-8-4-3-5-11-6-8/h8,11,13H,3-7H2,1-2H3,(H,12,14). The smallest absolute Gasteiger partial charge is 0.228 e. The van der Waals surface area contributed by atoms with Gasteiger partial charge in [-0.3, -0.25) is 4.79 Å². The Balaban J connectivity index is 2.39. The van der Waals surface area contributed by atoms with Gasteiger partial charge in [0.25, 0.3) is 0 Å². The Morgan fingerprint density at radius 1 is 1.64 bits per heavy atom. The van der Waals surface area contributed by atoms with Gasteiger partial charge < -0.3 is 15.7 Å². The number of hydrogen-bond donors (Lipinski definition) is 3. The zero-order valence-corrected chi connectivity index (χ0v) is 8.97. The van der Waals surface area contributed by atoms with Gasteiger partial charge in [0.1, 0.15) is 0 Å². The molecule has 0 saturated carbocycles. The van der Waals surface area contributed by atoms with Crippen molar-refractivity contribution in [1.29, 1.82) is 0 Å². The Hall–Kier alpha value is -0.610. The summed E-state index contributed by atoms with van der Waals surface area (Å²) in [5.41, 5.74) is -0.669. The molecule has 4 nitrogen and oxygen atoms in total. The fourth-order valence-electron chi connectivity index (χ4n) is 1.43. The highest BCUT2D eigenvalue weighted by atomic mass is 16.3. The monoisotopic (exact) mass is 200 g/mol. The Kier molecular flexibility index (Phi) is 3.89. The van der Waals surface area contributed by atoms with E-state index in [1.54, 1.807) is 13.8 Å². The van der Waals surface area contributed by atoms with Crippen molar-refractivity contribution >= 4 is 5.91 Å². The highest BCUT2D eigenvalue weighted by Crippen LogP contribution is 2.14. The Morgan fingerprint density at radius 2 is 2.36 bits per heavy atom. The molecule has 1 aliphatic rings. The first-order chi connectivity index (χ1) is 6.56. The average molecular weight is 200 g/mol. The van der Waals surface area contributed by atoms with Gasteiger partial charge in [0, 0.05) is 12.6 Å². The molecule has 0 radical (unpaired) electrons. The Bertz CT molecular complexity index is 198. The third-order valence-corrected chi connectivity index (χ3v) is 2.64. The molecule has 1 heterocycles. The molecule has 4 heteroatoms. The van der Waals surface area contributed by atoms with Gasteiger partial charge in [-0.15, -0.1) is 0 Å². The minimum atomic E-state index is -0.669. The molecule has 1 amide bonds. The normalized spacial score (nSPS) is 23.2. The number of nitrogens with one attached hydrogen (secondary N) is 2. The maximum absolute atomic E-state index is 11.7. The van der Waals surface area contributed by atoms with E-state index >= 15 is 0 Å². The molecule has 0 aromatic carbocycles. The van der Waals surface area contributed by atoms with Crippen LogP contribution in [-0.4, -0.2) is 36.8 Å². The van der Waals surface area contributed by atoms with Gasteiger partial charge in [-0.05, 0) is 33.2 Å². The van der Waals surface area contributed by atoms with Crippen molar-refractivity contribution in [1.82, 2.24) is 10.6 Å². The molecule has 1 unspecified atom stereocenters. The molecular weight excluding hydrogens is 180 g/mol. The van der Waals surface area contributed by atoms with E-state index in [4.69, 9.17) is 5.11 Å². The molecule has 1 atom stereocenters. The number of carbonyl (C=O) groups is 1. The molecule has 1 fully saturated rings. The minimum absolute atomic E-state index is 0.0614. The molecule has 1 rings (SSSR count). The lowest BCUT2D eigenvalue weighted by Crippen LogP contribution is -2.50. The van der Waals surface area contributed by atoms with Crippen molar-refractivity contribution in [2.75, 3.05) is 19.7 Å². The van der Waals surface area contributed by atoms with Gasteiger partial charge >= 0.3 is 0 Å². The van der Waals surface area contributed by atoms with E-state index in [0.717, 1.165) is 25.9 Å². The molecular formula is C10H20N2O2. The number of hydrogen-bond acceptors (Lipinski definition) is 3. The molecule has 82 valence electrons. The summed E-state index contributed by atoms with van der Waals surface area (Å²) in [7, 11) is 0. The first kappa shape index (κ1) is 11.5. The largest absolute Gasteiger partial charge is 0.395 e. The summed E-state index contributed by atoms with van der Waals surface area (Å²) in [5.74, 6) is -0.0614. The zero-order chi connectivity index (χ0) is 10.6.